The van der Waals surface area contributed by atoms with Crippen molar-refractivity contribution in [2.45, 2.75) is 26.2 Å². The lowest BCUT2D eigenvalue weighted by Gasteiger charge is -2.14. The minimum absolute atomic E-state index is 0.150. The number of likely N-dealkylation sites (tertiary alicyclic amines) is 2. The number of aromatic nitrogens is 2. The summed E-state index contributed by atoms with van der Waals surface area (Å²) < 4.78 is 5.41. The summed E-state index contributed by atoms with van der Waals surface area (Å²) in [5, 5.41) is 0. The molecule has 2 fully saturated rings. The topological polar surface area (TPSA) is 110 Å². The minimum Gasteiger partial charge on any atom is -0.462 e. The predicted octanol–water partition coefficient (Wildman–Crippen LogP) is 4.03. The summed E-state index contributed by atoms with van der Waals surface area (Å²) in [6.07, 6.45) is 10.0. The number of ether oxygens (including phenoxy) is 1. The van der Waals surface area contributed by atoms with Crippen LogP contribution in [0.2, 0.25) is 0 Å². The fourth-order valence-electron chi connectivity index (χ4n) is 3.43. The molecule has 4 rings (SSSR count). The van der Waals surface area contributed by atoms with Crippen molar-refractivity contribution in [2.75, 3.05) is 19.7 Å². The van der Waals surface area contributed by atoms with Gasteiger partial charge in [-0.3, -0.25) is 24.4 Å². The van der Waals surface area contributed by atoms with Gasteiger partial charge in [0.25, 0.3) is 0 Å². The average molecular weight is 604 g/mol. The quantitative estimate of drug-likeness (QED) is 0.161. The van der Waals surface area contributed by atoms with Gasteiger partial charge >= 0.3 is 5.97 Å². The maximum Gasteiger partial charge on any atom is 0.339 e. The van der Waals surface area contributed by atoms with Gasteiger partial charge in [0.2, 0.25) is 11.8 Å². The lowest BCUT2D eigenvalue weighted by Crippen LogP contribution is -2.28. The van der Waals surface area contributed by atoms with Crippen LogP contribution in [0.3, 0.4) is 0 Å². The zero-order chi connectivity index (χ0) is 26.5. The number of amides is 2. The number of hydrogen-bond acceptors (Lipinski definition) is 7. The number of Topliss-reactive ketones (excluding diaryl/α,β-unsaturated/α-hetero) is 1. The van der Waals surface area contributed by atoms with Crippen LogP contribution in [-0.4, -0.2) is 63.0 Å². The smallest absolute Gasteiger partial charge is 0.339 e. The van der Waals surface area contributed by atoms with Crippen LogP contribution in [0.4, 0.5) is 0 Å². The van der Waals surface area contributed by atoms with Crippen molar-refractivity contribution in [3.8, 4) is 0 Å². The highest BCUT2D eigenvalue weighted by atomic mass is 127. The first-order valence-electron chi connectivity index (χ1n) is 11.4. The van der Waals surface area contributed by atoms with Crippen molar-refractivity contribution in [1.29, 1.82) is 0 Å². The Bertz CT molecular complexity index is 1080. The standard InChI is InChI=1S/C12H11IN2O2.C8H9NO2.C6H9NO/c1-8(13)15-6-4-10(12(15)17)11(16)9-3-2-5-14-7-9;1-2-11-8(10)7-4-3-5-9-6-7;1-2-7-5-3-4-6(7)8/h2-3,5,7,10H,1,4,6H2;3-6H,2H2,1H3;2H,1,3-5H2. The van der Waals surface area contributed by atoms with Gasteiger partial charge in [-0.1, -0.05) is 13.2 Å². The van der Waals surface area contributed by atoms with Crippen LogP contribution in [0.5, 0.6) is 0 Å². The lowest BCUT2D eigenvalue weighted by atomic mass is 9.97. The molecule has 36 heavy (non-hydrogen) atoms. The molecule has 2 amide bonds. The van der Waals surface area contributed by atoms with E-state index in [0.29, 0.717) is 40.8 Å². The SMILES string of the molecule is C=C(I)N1CCC(C(=O)c2cccnc2)C1=O.C=CN1CCCC1=O.CCOC(=O)c1cccnc1. The van der Waals surface area contributed by atoms with Crippen LogP contribution in [-0.2, 0) is 14.3 Å². The summed E-state index contributed by atoms with van der Waals surface area (Å²) in [6.45, 7) is 10.8. The Morgan fingerprint density at radius 2 is 1.78 bits per heavy atom. The van der Waals surface area contributed by atoms with Gasteiger partial charge in [-0.15, -0.1) is 0 Å². The molecule has 10 heteroatoms. The van der Waals surface area contributed by atoms with Crippen molar-refractivity contribution in [1.82, 2.24) is 19.8 Å². The van der Waals surface area contributed by atoms with E-state index in [1.807, 2.05) is 22.6 Å². The largest absolute Gasteiger partial charge is 0.462 e. The second kappa shape index (κ2) is 14.9. The van der Waals surface area contributed by atoms with Gasteiger partial charge in [0, 0.05) is 49.9 Å². The number of hydrogen-bond donors (Lipinski definition) is 0. The fourth-order valence-corrected chi connectivity index (χ4v) is 3.91. The molecule has 0 aromatic carbocycles. The number of carbonyl (C=O) groups excluding carboxylic acids is 4. The highest BCUT2D eigenvalue weighted by Crippen LogP contribution is 2.26. The Morgan fingerprint density at radius 3 is 2.19 bits per heavy atom. The lowest BCUT2D eigenvalue weighted by molar-refractivity contribution is -0.127. The predicted molar refractivity (Wildman–Crippen MR) is 143 cm³/mol. The third-order valence-electron chi connectivity index (χ3n) is 5.26. The molecule has 2 saturated heterocycles. The number of pyridine rings is 2. The summed E-state index contributed by atoms with van der Waals surface area (Å²) in [6, 6.07) is 6.75. The Hall–Kier alpha value is -3.41. The molecular formula is C26H29IN4O5. The summed E-state index contributed by atoms with van der Waals surface area (Å²) in [4.78, 5) is 56.6. The fraction of sp³-hybridized carbons (Fsp3) is 0.308. The summed E-state index contributed by atoms with van der Waals surface area (Å²) in [5.74, 6) is -0.993. The van der Waals surface area contributed by atoms with Crippen LogP contribution >= 0.6 is 22.6 Å². The van der Waals surface area contributed by atoms with Gasteiger partial charge in [-0.2, -0.15) is 0 Å². The molecule has 190 valence electrons. The molecule has 2 aliphatic heterocycles. The average Bonchev–Trinajstić information content (AvgIpc) is 3.50. The summed E-state index contributed by atoms with van der Waals surface area (Å²) in [5.41, 5.74) is 0.987. The first kappa shape index (κ1) is 28.8. The molecule has 2 aromatic heterocycles. The Morgan fingerprint density at radius 1 is 1.14 bits per heavy atom. The molecule has 0 N–H and O–H groups in total. The molecule has 0 saturated carbocycles. The van der Waals surface area contributed by atoms with E-state index in [-0.39, 0.29) is 23.6 Å². The van der Waals surface area contributed by atoms with E-state index in [1.54, 1.807) is 59.6 Å². The monoisotopic (exact) mass is 604 g/mol. The van der Waals surface area contributed by atoms with Crippen molar-refractivity contribution < 1.29 is 23.9 Å². The van der Waals surface area contributed by atoms with Crippen molar-refractivity contribution in [3.63, 3.8) is 0 Å². The molecule has 9 nitrogen and oxygen atoms in total. The third kappa shape index (κ3) is 8.36. The molecule has 0 aliphatic carbocycles. The highest BCUT2D eigenvalue weighted by molar-refractivity contribution is 14.1. The van der Waals surface area contributed by atoms with Gasteiger partial charge in [-0.25, -0.2) is 4.79 Å². The zero-order valence-corrected chi connectivity index (χ0v) is 22.3. The maximum atomic E-state index is 12.1. The number of ketones is 1. The molecule has 1 atom stereocenters. The van der Waals surface area contributed by atoms with Crippen molar-refractivity contribution in [3.05, 3.63) is 83.2 Å². The molecule has 0 radical (unpaired) electrons. The van der Waals surface area contributed by atoms with Crippen LogP contribution in [0.1, 0.15) is 46.9 Å². The van der Waals surface area contributed by atoms with Crippen molar-refractivity contribution in [2.24, 2.45) is 5.92 Å². The zero-order valence-electron chi connectivity index (χ0n) is 20.1. The van der Waals surface area contributed by atoms with E-state index in [2.05, 4.69) is 23.1 Å². The number of nitrogens with zero attached hydrogens (tertiary/aromatic N) is 4. The Kier molecular flexibility index (Phi) is 11.9. The van der Waals surface area contributed by atoms with Crippen LogP contribution in [0.25, 0.3) is 0 Å². The Labute approximate surface area is 224 Å². The summed E-state index contributed by atoms with van der Waals surface area (Å²) >= 11 is 1.99. The number of carbonyl (C=O) groups is 4. The second-order valence-corrected chi connectivity index (χ2v) is 8.89. The number of halogens is 1. The molecule has 0 bridgehead atoms. The number of esters is 1. The van der Waals surface area contributed by atoms with Gasteiger partial charge in [0.1, 0.15) is 5.92 Å². The van der Waals surface area contributed by atoms with E-state index in [9.17, 15) is 19.2 Å². The van der Waals surface area contributed by atoms with Gasteiger partial charge in [0.05, 0.1) is 15.9 Å². The van der Waals surface area contributed by atoms with Crippen LogP contribution < -0.4 is 0 Å². The first-order chi connectivity index (χ1) is 17.3. The normalized spacial score (nSPS) is 16.3. The molecule has 2 aromatic rings. The summed E-state index contributed by atoms with van der Waals surface area (Å²) in [7, 11) is 0. The first-order valence-corrected chi connectivity index (χ1v) is 12.5. The van der Waals surface area contributed by atoms with Gasteiger partial charge in [0.15, 0.2) is 5.78 Å². The molecule has 4 heterocycles. The minimum atomic E-state index is -0.578. The highest BCUT2D eigenvalue weighted by Gasteiger charge is 2.37. The van der Waals surface area contributed by atoms with E-state index in [1.165, 1.54) is 12.4 Å². The van der Waals surface area contributed by atoms with E-state index in [0.717, 1.165) is 13.0 Å². The molecule has 2 aliphatic rings. The molecule has 0 spiro atoms. The van der Waals surface area contributed by atoms with Gasteiger partial charge < -0.3 is 14.5 Å². The maximum absolute atomic E-state index is 12.1. The molecular weight excluding hydrogens is 575 g/mol. The van der Waals surface area contributed by atoms with Crippen molar-refractivity contribution >= 4 is 46.2 Å². The second-order valence-electron chi connectivity index (χ2n) is 7.65. The molecule has 1 unspecified atom stereocenters. The Balaban J connectivity index is 0.000000206. The number of rotatable bonds is 6. The van der Waals surface area contributed by atoms with E-state index >= 15 is 0 Å². The van der Waals surface area contributed by atoms with Crippen LogP contribution in [0.15, 0.2) is 72.1 Å². The van der Waals surface area contributed by atoms with E-state index < -0.39 is 5.92 Å². The third-order valence-corrected chi connectivity index (χ3v) is 5.85. The van der Waals surface area contributed by atoms with E-state index in [4.69, 9.17) is 4.74 Å². The van der Waals surface area contributed by atoms with Crippen LogP contribution in [0, 0.1) is 5.92 Å². The van der Waals surface area contributed by atoms with Gasteiger partial charge in [-0.05, 0) is 72.8 Å².